The van der Waals surface area contributed by atoms with Crippen LogP contribution in [0.4, 0.5) is 5.13 Å². The van der Waals surface area contributed by atoms with Gasteiger partial charge in [0, 0.05) is 30.6 Å². The second kappa shape index (κ2) is 4.90. The van der Waals surface area contributed by atoms with Crippen molar-refractivity contribution in [2.75, 3.05) is 18.5 Å². The summed E-state index contributed by atoms with van der Waals surface area (Å²) >= 11 is 1.48. The molecule has 0 bridgehead atoms. The molecule has 0 aromatic carbocycles. The Balaban J connectivity index is 1.52. The standard InChI is InChI=1S/C12H19N3OS/c16-7-10-3-1-2-9(10)6-13-12-14-11(15-17-12)8-4-5-8/h8-10,16H,1-7H2,(H,13,14,15). The Morgan fingerprint density at radius 1 is 1.24 bits per heavy atom. The van der Waals surface area contributed by atoms with Gasteiger partial charge in [-0.1, -0.05) is 6.42 Å². The Labute approximate surface area is 106 Å². The molecule has 2 saturated carbocycles. The summed E-state index contributed by atoms with van der Waals surface area (Å²) in [5.74, 6) is 2.76. The van der Waals surface area contributed by atoms with E-state index in [1.54, 1.807) is 0 Å². The van der Waals surface area contributed by atoms with Gasteiger partial charge in [-0.05, 0) is 37.5 Å². The summed E-state index contributed by atoms with van der Waals surface area (Å²) in [6.07, 6.45) is 6.16. The molecule has 0 radical (unpaired) electrons. The van der Waals surface area contributed by atoms with Crippen LogP contribution < -0.4 is 5.32 Å². The zero-order valence-electron chi connectivity index (χ0n) is 9.93. The quantitative estimate of drug-likeness (QED) is 0.845. The first-order valence-corrected chi connectivity index (χ1v) is 7.32. The third kappa shape index (κ3) is 2.60. The van der Waals surface area contributed by atoms with Gasteiger partial charge in [0.15, 0.2) is 0 Å². The van der Waals surface area contributed by atoms with Crippen LogP contribution in [0.1, 0.15) is 43.8 Å². The van der Waals surface area contributed by atoms with Crippen molar-refractivity contribution in [2.45, 2.75) is 38.0 Å². The Hall–Kier alpha value is -0.680. The van der Waals surface area contributed by atoms with Crippen molar-refractivity contribution in [1.29, 1.82) is 0 Å². The molecule has 17 heavy (non-hydrogen) atoms. The molecule has 2 unspecified atom stereocenters. The average molecular weight is 253 g/mol. The normalized spacial score (nSPS) is 28.5. The lowest BCUT2D eigenvalue weighted by molar-refractivity contribution is 0.199. The van der Waals surface area contributed by atoms with E-state index in [9.17, 15) is 5.11 Å². The van der Waals surface area contributed by atoms with Gasteiger partial charge in [0.1, 0.15) is 5.82 Å². The zero-order chi connectivity index (χ0) is 11.7. The highest BCUT2D eigenvalue weighted by Gasteiger charge is 2.29. The van der Waals surface area contributed by atoms with E-state index in [4.69, 9.17) is 0 Å². The van der Waals surface area contributed by atoms with Crippen LogP contribution >= 0.6 is 11.5 Å². The minimum Gasteiger partial charge on any atom is -0.396 e. The molecule has 0 saturated heterocycles. The number of rotatable bonds is 5. The smallest absolute Gasteiger partial charge is 0.202 e. The SMILES string of the molecule is OCC1CCCC1CNc1nc(C2CC2)ns1. The van der Waals surface area contributed by atoms with Gasteiger partial charge in [-0.2, -0.15) is 4.37 Å². The van der Waals surface area contributed by atoms with Gasteiger partial charge in [-0.15, -0.1) is 0 Å². The monoisotopic (exact) mass is 253 g/mol. The van der Waals surface area contributed by atoms with Crippen LogP contribution in [0.3, 0.4) is 0 Å². The van der Waals surface area contributed by atoms with E-state index >= 15 is 0 Å². The Morgan fingerprint density at radius 3 is 2.82 bits per heavy atom. The van der Waals surface area contributed by atoms with Gasteiger partial charge in [0.2, 0.25) is 5.13 Å². The number of aliphatic hydroxyl groups is 1. The van der Waals surface area contributed by atoms with Crippen molar-refractivity contribution in [1.82, 2.24) is 9.36 Å². The number of anilines is 1. The predicted molar refractivity (Wildman–Crippen MR) is 68.3 cm³/mol. The van der Waals surface area contributed by atoms with Crippen molar-refractivity contribution in [3.8, 4) is 0 Å². The van der Waals surface area contributed by atoms with Crippen LogP contribution in [0.5, 0.6) is 0 Å². The molecule has 2 N–H and O–H groups in total. The number of hydrogen-bond donors (Lipinski definition) is 2. The van der Waals surface area contributed by atoms with Crippen molar-refractivity contribution in [3.05, 3.63) is 5.82 Å². The summed E-state index contributed by atoms with van der Waals surface area (Å²) in [6, 6.07) is 0. The molecule has 0 spiro atoms. The lowest BCUT2D eigenvalue weighted by atomic mass is 9.97. The van der Waals surface area contributed by atoms with Crippen LogP contribution in [0, 0.1) is 11.8 Å². The van der Waals surface area contributed by atoms with Gasteiger partial charge in [0.05, 0.1) is 0 Å². The molecule has 2 atom stereocenters. The summed E-state index contributed by atoms with van der Waals surface area (Å²) in [5, 5.41) is 13.6. The third-order valence-electron chi connectivity index (χ3n) is 3.95. The second-order valence-corrected chi connectivity index (χ2v) is 6.00. The maximum Gasteiger partial charge on any atom is 0.202 e. The Kier molecular flexibility index (Phi) is 3.29. The van der Waals surface area contributed by atoms with Crippen molar-refractivity contribution < 1.29 is 5.11 Å². The lowest BCUT2D eigenvalue weighted by Crippen LogP contribution is -2.20. The molecular weight excluding hydrogens is 234 g/mol. The molecule has 2 aliphatic carbocycles. The molecular formula is C12H19N3OS. The van der Waals surface area contributed by atoms with Gasteiger partial charge in [0.25, 0.3) is 0 Å². The summed E-state index contributed by atoms with van der Waals surface area (Å²) in [4.78, 5) is 4.52. The predicted octanol–water partition coefficient (Wildman–Crippen LogP) is 2.24. The topological polar surface area (TPSA) is 58.0 Å². The first-order valence-electron chi connectivity index (χ1n) is 6.55. The van der Waals surface area contributed by atoms with Gasteiger partial charge in [-0.3, -0.25) is 0 Å². The van der Waals surface area contributed by atoms with Crippen LogP contribution in [-0.4, -0.2) is 27.6 Å². The highest BCUT2D eigenvalue weighted by molar-refractivity contribution is 7.09. The van der Waals surface area contributed by atoms with E-state index in [0.29, 0.717) is 24.4 Å². The van der Waals surface area contributed by atoms with Crippen molar-refractivity contribution in [2.24, 2.45) is 11.8 Å². The van der Waals surface area contributed by atoms with E-state index in [1.807, 2.05) is 0 Å². The van der Waals surface area contributed by atoms with E-state index < -0.39 is 0 Å². The highest BCUT2D eigenvalue weighted by atomic mass is 32.1. The van der Waals surface area contributed by atoms with Crippen LogP contribution in [0.25, 0.3) is 0 Å². The largest absolute Gasteiger partial charge is 0.396 e. The van der Waals surface area contributed by atoms with Gasteiger partial charge < -0.3 is 10.4 Å². The van der Waals surface area contributed by atoms with Crippen molar-refractivity contribution >= 4 is 16.7 Å². The average Bonchev–Trinajstić information content (AvgIpc) is 2.93. The van der Waals surface area contributed by atoms with E-state index in [-0.39, 0.29) is 0 Å². The molecule has 1 aromatic heterocycles. The minimum absolute atomic E-state index is 0.329. The summed E-state index contributed by atoms with van der Waals surface area (Å²) in [7, 11) is 0. The van der Waals surface area contributed by atoms with Gasteiger partial charge in [-0.25, -0.2) is 4.98 Å². The summed E-state index contributed by atoms with van der Waals surface area (Å²) < 4.78 is 4.38. The van der Waals surface area contributed by atoms with Crippen LogP contribution in [0.2, 0.25) is 0 Å². The fraction of sp³-hybridized carbons (Fsp3) is 0.833. The molecule has 3 rings (SSSR count). The van der Waals surface area contributed by atoms with E-state index in [2.05, 4.69) is 14.7 Å². The van der Waals surface area contributed by atoms with Crippen LogP contribution in [0.15, 0.2) is 0 Å². The first-order chi connectivity index (χ1) is 8.36. The summed E-state index contributed by atoms with van der Waals surface area (Å²) in [6.45, 7) is 1.26. The van der Waals surface area contributed by atoms with E-state index in [0.717, 1.165) is 17.5 Å². The molecule has 1 heterocycles. The molecule has 94 valence electrons. The Morgan fingerprint density at radius 2 is 2.06 bits per heavy atom. The lowest BCUT2D eigenvalue weighted by Gasteiger charge is -2.17. The molecule has 1 aromatic rings. The molecule has 2 aliphatic rings. The molecule has 0 aliphatic heterocycles. The third-order valence-corrected chi connectivity index (χ3v) is 4.64. The maximum absolute atomic E-state index is 9.27. The zero-order valence-corrected chi connectivity index (χ0v) is 10.7. The first kappa shape index (κ1) is 11.4. The maximum atomic E-state index is 9.27. The number of hydrogen-bond acceptors (Lipinski definition) is 5. The fourth-order valence-electron chi connectivity index (χ4n) is 2.66. The number of nitrogens with zero attached hydrogens (tertiary/aromatic N) is 2. The molecule has 5 heteroatoms. The molecule has 4 nitrogen and oxygen atoms in total. The number of aromatic nitrogens is 2. The van der Waals surface area contributed by atoms with Gasteiger partial charge >= 0.3 is 0 Å². The number of aliphatic hydroxyl groups excluding tert-OH is 1. The summed E-state index contributed by atoms with van der Waals surface area (Å²) in [5.41, 5.74) is 0. The second-order valence-electron chi connectivity index (χ2n) is 5.25. The highest BCUT2D eigenvalue weighted by Crippen LogP contribution is 2.39. The fourth-order valence-corrected chi connectivity index (χ4v) is 3.31. The number of nitrogens with one attached hydrogen (secondary N) is 1. The molecule has 2 fully saturated rings. The van der Waals surface area contributed by atoms with Crippen LogP contribution in [-0.2, 0) is 0 Å². The minimum atomic E-state index is 0.329. The molecule has 0 amide bonds. The van der Waals surface area contributed by atoms with E-state index in [1.165, 1.54) is 43.6 Å². The van der Waals surface area contributed by atoms with Crippen molar-refractivity contribution in [3.63, 3.8) is 0 Å². The Bertz CT molecular complexity index is 378.